The topological polar surface area (TPSA) is 26.3 Å². The molecule has 0 radical (unpaired) electrons. The van der Waals surface area contributed by atoms with Crippen molar-refractivity contribution in [2.24, 2.45) is 0 Å². The van der Waals surface area contributed by atoms with E-state index < -0.39 is 0 Å². The second-order valence-corrected chi connectivity index (χ2v) is 2.21. The lowest BCUT2D eigenvalue weighted by Crippen LogP contribution is -2.05. The molecule has 0 atom stereocenters. The maximum absolute atomic E-state index is 10.2. The number of hydrogen-bond acceptors (Lipinski definition) is 2. The van der Waals surface area contributed by atoms with E-state index in [1.54, 1.807) is 0 Å². The molecule has 0 saturated carbocycles. The number of rotatable bonds is 1. The van der Waals surface area contributed by atoms with Crippen LogP contribution in [0.2, 0.25) is 0 Å². The molecule has 0 unspecified atom stereocenters. The Bertz CT molecular complexity index is 147. The first kappa shape index (κ1) is 6.33. The summed E-state index contributed by atoms with van der Waals surface area (Å²) in [6.07, 6.45) is 2.84. The normalized spacial score (nSPS) is 19.2. The van der Waals surface area contributed by atoms with Gasteiger partial charge in [0, 0.05) is 0 Å². The molecule has 1 rings (SSSR count). The fourth-order valence-electron chi connectivity index (χ4n) is 0.900. The van der Waals surface area contributed by atoms with Crippen LogP contribution in [0.25, 0.3) is 0 Å². The SMILES string of the molecule is CC1=C(C=O)OCCC1. The summed E-state index contributed by atoms with van der Waals surface area (Å²) in [5.41, 5.74) is 1.08. The molecule has 0 fully saturated rings. The Morgan fingerprint density at radius 2 is 2.44 bits per heavy atom. The monoisotopic (exact) mass is 126 g/mol. The summed E-state index contributed by atoms with van der Waals surface area (Å²) in [4.78, 5) is 10.2. The summed E-state index contributed by atoms with van der Waals surface area (Å²) in [5, 5.41) is 0. The van der Waals surface area contributed by atoms with Crippen molar-refractivity contribution in [1.29, 1.82) is 0 Å². The van der Waals surface area contributed by atoms with Crippen LogP contribution in [-0.2, 0) is 9.53 Å². The Morgan fingerprint density at radius 1 is 1.67 bits per heavy atom. The maximum Gasteiger partial charge on any atom is 0.184 e. The predicted molar refractivity (Wildman–Crippen MR) is 33.9 cm³/mol. The van der Waals surface area contributed by atoms with Crippen LogP contribution in [0, 0.1) is 0 Å². The first-order valence-corrected chi connectivity index (χ1v) is 3.12. The summed E-state index contributed by atoms with van der Waals surface area (Å²) in [7, 11) is 0. The molecular weight excluding hydrogens is 116 g/mol. The van der Waals surface area contributed by atoms with E-state index in [0.29, 0.717) is 12.4 Å². The lowest BCUT2D eigenvalue weighted by Gasteiger charge is -2.13. The number of carbonyl (C=O) groups is 1. The van der Waals surface area contributed by atoms with Gasteiger partial charge >= 0.3 is 0 Å². The van der Waals surface area contributed by atoms with E-state index in [1.165, 1.54) is 0 Å². The smallest absolute Gasteiger partial charge is 0.184 e. The van der Waals surface area contributed by atoms with Crippen molar-refractivity contribution in [2.45, 2.75) is 19.8 Å². The lowest BCUT2D eigenvalue weighted by molar-refractivity contribution is -0.108. The van der Waals surface area contributed by atoms with Crippen molar-refractivity contribution in [2.75, 3.05) is 6.61 Å². The van der Waals surface area contributed by atoms with Gasteiger partial charge in [0.15, 0.2) is 12.0 Å². The molecule has 0 saturated heterocycles. The molecule has 0 bridgehead atoms. The molecule has 2 heteroatoms. The third kappa shape index (κ3) is 1.31. The second-order valence-electron chi connectivity index (χ2n) is 2.21. The molecule has 1 aliphatic heterocycles. The van der Waals surface area contributed by atoms with Gasteiger partial charge in [-0.1, -0.05) is 0 Å². The molecule has 0 N–H and O–H groups in total. The largest absolute Gasteiger partial charge is 0.490 e. The Morgan fingerprint density at radius 3 is 2.89 bits per heavy atom. The predicted octanol–water partition coefficient (Wildman–Crippen LogP) is 1.27. The van der Waals surface area contributed by atoms with Gasteiger partial charge in [-0.15, -0.1) is 0 Å². The maximum atomic E-state index is 10.2. The molecule has 2 nitrogen and oxygen atoms in total. The first-order valence-electron chi connectivity index (χ1n) is 3.12. The van der Waals surface area contributed by atoms with Crippen LogP contribution in [0.4, 0.5) is 0 Å². The van der Waals surface area contributed by atoms with Crippen LogP contribution in [-0.4, -0.2) is 12.9 Å². The van der Waals surface area contributed by atoms with E-state index in [9.17, 15) is 4.79 Å². The first-order chi connectivity index (χ1) is 4.34. The molecule has 9 heavy (non-hydrogen) atoms. The van der Waals surface area contributed by atoms with Gasteiger partial charge in [0.25, 0.3) is 0 Å². The van der Waals surface area contributed by atoms with Gasteiger partial charge in [0.1, 0.15) is 0 Å². The fourth-order valence-corrected chi connectivity index (χ4v) is 0.900. The molecule has 0 aromatic carbocycles. The van der Waals surface area contributed by atoms with E-state index in [-0.39, 0.29) is 0 Å². The third-order valence-electron chi connectivity index (χ3n) is 1.48. The van der Waals surface area contributed by atoms with E-state index in [4.69, 9.17) is 4.74 Å². The van der Waals surface area contributed by atoms with Crippen LogP contribution in [0.1, 0.15) is 19.8 Å². The zero-order chi connectivity index (χ0) is 6.69. The highest BCUT2D eigenvalue weighted by molar-refractivity contribution is 5.71. The average Bonchev–Trinajstić information content (AvgIpc) is 1.89. The molecule has 1 aliphatic rings. The Kier molecular flexibility index (Phi) is 1.88. The van der Waals surface area contributed by atoms with Crippen LogP contribution < -0.4 is 0 Å². The molecule has 0 spiro atoms. The molecule has 0 aromatic rings. The van der Waals surface area contributed by atoms with Gasteiger partial charge < -0.3 is 4.74 Å². The highest BCUT2D eigenvalue weighted by atomic mass is 16.5. The van der Waals surface area contributed by atoms with Gasteiger partial charge in [0.2, 0.25) is 0 Å². The summed E-state index contributed by atoms with van der Waals surface area (Å²) in [6.45, 7) is 2.63. The highest BCUT2D eigenvalue weighted by Gasteiger charge is 2.07. The van der Waals surface area contributed by atoms with E-state index in [1.807, 2.05) is 6.92 Å². The Balaban J connectivity index is 2.70. The average molecular weight is 126 g/mol. The fraction of sp³-hybridized carbons (Fsp3) is 0.571. The molecule has 0 aliphatic carbocycles. The number of ether oxygens (including phenoxy) is 1. The second kappa shape index (κ2) is 2.67. The quantitative estimate of drug-likeness (QED) is 0.494. The number of hydrogen-bond donors (Lipinski definition) is 0. The van der Waals surface area contributed by atoms with Crippen LogP contribution in [0.5, 0.6) is 0 Å². The molecule has 0 amide bonds. The van der Waals surface area contributed by atoms with E-state index >= 15 is 0 Å². The number of carbonyl (C=O) groups excluding carboxylic acids is 1. The van der Waals surface area contributed by atoms with Crippen LogP contribution in [0.15, 0.2) is 11.3 Å². The molecule has 50 valence electrons. The van der Waals surface area contributed by atoms with Crippen LogP contribution in [0.3, 0.4) is 0 Å². The minimum Gasteiger partial charge on any atom is -0.490 e. The van der Waals surface area contributed by atoms with Gasteiger partial charge in [-0.3, -0.25) is 4.79 Å². The number of allylic oxidation sites excluding steroid dienone is 2. The zero-order valence-corrected chi connectivity index (χ0v) is 5.52. The Labute approximate surface area is 54.5 Å². The molecular formula is C7H10O2. The lowest BCUT2D eigenvalue weighted by atomic mass is 10.1. The number of aldehydes is 1. The van der Waals surface area contributed by atoms with Gasteiger partial charge in [-0.25, -0.2) is 0 Å². The summed E-state index contributed by atoms with van der Waals surface area (Å²) >= 11 is 0. The van der Waals surface area contributed by atoms with Crippen molar-refractivity contribution in [3.63, 3.8) is 0 Å². The summed E-state index contributed by atoms with van der Waals surface area (Å²) < 4.78 is 5.05. The van der Waals surface area contributed by atoms with E-state index in [2.05, 4.69) is 0 Å². The van der Waals surface area contributed by atoms with Gasteiger partial charge in [-0.05, 0) is 25.3 Å². The standard InChI is InChI=1S/C7H10O2/c1-6-3-2-4-9-7(6)5-8/h5H,2-4H2,1H3. The zero-order valence-electron chi connectivity index (χ0n) is 5.52. The minimum atomic E-state index is 0.543. The van der Waals surface area contributed by atoms with Crippen molar-refractivity contribution in [1.82, 2.24) is 0 Å². The van der Waals surface area contributed by atoms with Crippen molar-refractivity contribution >= 4 is 6.29 Å². The van der Waals surface area contributed by atoms with Crippen LogP contribution >= 0.6 is 0 Å². The Hall–Kier alpha value is -0.790. The summed E-state index contributed by atoms with van der Waals surface area (Å²) in [5.74, 6) is 0.543. The highest BCUT2D eigenvalue weighted by Crippen LogP contribution is 2.15. The van der Waals surface area contributed by atoms with Crippen molar-refractivity contribution in [3.05, 3.63) is 11.3 Å². The van der Waals surface area contributed by atoms with Gasteiger partial charge in [-0.2, -0.15) is 0 Å². The summed E-state index contributed by atoms with van der Waals surface area (Å²) in [6, 6.07) is 0. The van der Waals surface area contributed by atoms with E-state index in [0.717, 1.165) is 24.7 Å². The van der Waals surface area contributed by atoms with Crippen molar-refractivity contribution in [3.8, 4) is 0 Å². The third-order valence-corrected chi connectivity index (χ3v) is 1.48. The molecule has 1 heterocycles. The van der Waals surface area contributed by atoms with Gasteiger partial charge in [0.05, 0.1) is 6.61 Å². The van der Waals surface area contributed by atoms with Crippen molar-refractivity contribution < 1.29 is 9.53 Å². The molecule has 0 aromatic heterocycles. The minimum absolute atomic E-state index is 0.543.